The van der Waals surface area contributed by atoms with Gasteiger partial charge in [-0.3, -0.25) is 0 Å². The summed E-state index contributed by atoms with van der Waals surface area (Å²) >= 11 is 1.85. The van der Waals surface area contributed by atoms with E-state index in [9.17, 15) is 0 Å². The van der Waals surface area contributed by atoms with E-state index < -0.39 is 0 Å². The Kier molecular flexibility index (Phi) is 5.78. The van der Waals surface area contributed by atoms with Gasteiger partial charge in [0.2, 0.25) is 0 Å². The molecule has 0 amide bonds. The Morgan fingerprint density at radius 2 is 1.06 bits per heavy atom. The van der Waals surface area contributed by atoms with Gasteiger partial charge in [-0.1, -0.05) is 109 Å². The Labute approximate surface area is 275 Å². The van der Waals surface area contributed by atoms with Crippen molar-refractivity contribution >= 4 is 92.1 Å². The van der Waals surface area contributed by atoms with Crippen LogP contribution in [0.3, 0.4) is 0 Å². The molecule has 8 aromatic carbocycles. The van der Waals surface area contributed by atoms with Crippen LogP contribution in [-0.4, -0.2) is 0 Å². The van der Waals surface area contributed by atoms with Crippen molar-refractivity contribution in [1.82, 2.24) is 0 Å². The van der Waals surface area contributed by atoms with Crippen LogP contribution in [0.1, 0.15) is 0 Å². The lowest BCUT2D eigenvalue weighted by molar-refractivity contribution is 0.674. The number of benzene rings is 8. The fourth-order valence-corrected chi connectivity index (χ4v) is 8.32. The zero-order valence-electron chi connectivity index (χ0n) is 25.4. The van der Waals surface area contributed by atoms with Crippen LogP contribution < -0.4 is 4.90 Å². The average Bonchev–Trinajstić information content (AvgIpc) is 3.71. The van der Waals surface area contributed by atoms with Gasteiger partial charge in [-0.15, -0.1) is 11.3 Å². The quantitative estimate of drug-likeness (QED) is 0.183. The zero-order chi connectivity index (χ0) is 30.9. The third kappa shape index (κ3) is 4.10. The van der Waals surface area contributed by atoms with Crippen LogP contribution in [0, 0.1) is 0 Å². The Bertz CT molecular complexity index is 2790. The van der Waals surface area contributed by atoms with Crippen molar-refractivity contribution in [3.05, 3.63) is 164 Å². The Hall–Kier alpha value is -5.90. The van der Waals surface area contributed by atoms with Gasteiger partial charge in [0, 0.05) is 59.0 Å². The maximum Gasteiger partial charge on any atom is 0.143 e. The third-order valence-electron chi connectivity index (χ3n) is 9.44. The smallest absolute Gasteiger partial charge is 0.143 e. The largest absolute Gasteiger partial charge is 0.455 e. The number of para-hydroxylation sites is 2. The van der Waals surface area contributed by atoms with E-state index in [0.29, 0.717) is 0 Å². The van der Waals surface area contributed by atoms with Crippen molar-refractivity contribution in [2.45, 2.75) is 0 Å². The second kappa shape index (κ2) is 10.3. The summed E-state index contributed by atoms with van der Waals surface area (Å²) in [5.74, 6) is 0. The van der Waals surface area contributed by atoms with Gasteiger partial charge < -0.3 is 9.32 Å². The highest BCUT2D eigenvalue weighted by Gasteiger charge is 2.18. The molecule has 0 aliphatic rings. The monoisotopic (exact) mass is 617 g/mol. The van der Waals surface area contributed by atoms with Crippen molar-refractivity contribution in [2.75, 3.05) is 4.90 Å². The number of hydrogen-bond acceptors (Lipinski definition) is 3. The first kappa shape index (κ1) is 26.3. The molecule has 0 N–H and O–H groups in total. The molecule has 0 fully saturated rings. The summed E-state index contributed by atoms with van der Waals surface area (Å²) in [7, 11) is 0. The number of furan rings is 1. The SMILES string of the molecule is c1ccc(N(c2ccc(-c3cccc4c3oc3c4ccc4ccc5ccccc5c43)cc2)c2ccc3sc4ccccc4c3c2)cc1. The van der Waals surface area contributed by atoms with Gasteiger partial charge in [-0.2, -0.15) is 0 Å². The summed E-state index contributed by atoms with van der Waals surface area (Å²) in [6, 6.07) is 58.9. The third-order valence-corrected chi connectivity index (χ3v) is 10.6. The summed E-state index contributed by atoms with van der Waals surface area (Å²) < 4.78 is 9.45. The molecule has 10 rings (SSSR count). The van der Waals surface area contributed by atoms with Gasteiger partial charge in [0.25, 0.3) is 0 Å². The molecular weight excluding hydrogens is 591 g/mol. The van der Waals surface area contributed by atoms with E-state index in [1.165, 1.54) is 41.7 Å². The first-order valence-electron chi connectivity index (χ1n) is 15.9. The Morgan fingerprint density at radius 1 is 0.404 bits per heavy atom. The molecular formula is C44H27NOS. The fraction of sp³-hybridized carbons (Fsp3) is 0. The molecule has 2 nitrogen and oxygen atoms in total. The van der Waals surface area contributed by atoms with Crippen LogP contribution in [0.15, 0.2) is 168 Å². The molecule has 0 radical (unpaired) electrons. The van der Waals surface area contributed by atoms with Crippen molar-refractivity contribution in [3.63, 3.8) is 0 Å². The van der Waals surface area contributed by atoms with Gasteiger partial charge in [-0.05, 0) is 76.3 Å². The lowest BCUT2D eigenvalue weighted by atomic mass is 9.98. The van der Waals surface area contributed by atoms with Gasteiger partial charge in [0.15, 0.2) is 0 Å². The van der Waals surface area contributed by atoms with Gasteiger partial charge in [0.05, 0.1) is 0 Å². The lowest BCUT2D eigenvalue weighted by Gasteiger charge is -2.25. The fourth-order valence-electron chi connectivity index (χ4n) is 7.24. The van der Waals surface area contributed by atoms with Gasteiger partial charge in [-0.25, -0.2) is 0 Å². The van der Waals surface area contributed by atoms with Crippen LogP contribution >= 0.6 is 11.3 Å². The first-order chi connectivity index (χ1) is 23.3. The van der Waals surface area contributed by atoms with Gasteiger partial charge in [0.1, 0.15) is 11.2 Å². The summed E-state index contributed by atoms with van der Waals surface area (Å²) in [4.78, 5) is 2.34. The highest BCUT2D eigenvalue weighted by molar-refractivity contribution is 7.25. The topological polar surface area (TPSA) is 16.4 Å². The zero-order valence-corrected chi connectivity index (χ0v) is 26.2. The molecule has 0 atom stereocenters. The molecule has 3 heteroatoms. The van der Waals surface area contributed by atoms with Crippen LogP contribution in [0.2, 0.25) is 0 Å². The molecule has 0 aliphatic heterocycles. The van der Waals surface area contributed by atoms with E-state index in [1.54, 1.807) is 0 Å². The molecule has 0 saturated heterocycles. The summed E-state index contributed by atoms with van der Waals surface area (Å²) in [5, 5.41) is 9.68. The number of thiophene rings is 1. The van der Waals surface area contributed by atoms with Crippen molar-refractivity contribution in [1.29, 1.82) is 0 Å². The molecule has 10 aromatic rings. The van der Waals surface area contributed by atoms with Crippen molar-refractivity contribution in [3.8, 4) is 11.1 Å². The van der Waals surface area contributed by atoms with E-state index in [0.717, 1.165) is 50.1 Å². The number of rotatable bonds is 4. The minimum atomic E-state index is 0.922. The Morgan fingerprint density at radius 3 is 1.96 bits per heavy atom. The Balaban J connectivity index is 1.12. The van der Waals surface area contributed by atoms with E-state index in [-0.39, 0.29) is 0 Å². The molecule has 220 valence electrons. The molecule has 0 bridgehead atoms. The lowest BCUT2D eigenvalue weighted by Crippen LogP contribution is -2.09. The predicted octanol–water partition coefficient (Wildman–Crippen LogP) is 13.4. The normalized spacial score (nSPS) is 11.8. The maximum atomic E-state index is 6.83. The summed E-state index contributed by atoms with van der Waals surface area (Å²) in [6.45, 7) is 0. The highest BCUT2D eigenvalue weighted by Crippen LogP contribution is 2.43. The van der Waals surface area contributed by atoms with Crippen molar-refractivity contribution < 1.29 is 4.42 Å². The van der Waals surface area contributed by atoms with E-state index >= 15 is 0 Å². The standard InChI is InChI=1S/C44H27NOS/c1-2-10-31(11-3-1)45(33-24-26-41-39(27-33)36-13-6-7-16-40(36)47-41)32-22-19-29(20-23-32)35-14-8-15-37-38-25-21-30-18-17-28-9-4-5-12-34(28)42(30)44(38)46-43(35)37/h1-27H. The molecule has 47 heavy (non-hydrogen) atoms. The number of fused-ring (bicyclic) bond motifs is 10. The minimum absolute atomic E-state index is 0.922. The number of anilines is 3. The number of hydrogen-bond donors (Lipinski definition) is 0. The first-order valence-corrected chi connectivity index (χ1v) is 16.7. The predicted molar refractivity (Wildman–Crippen MR) is 202 cm³/mol. The maximum absolute atomic E-state index is 6.83. The number of nitrogens with zero attached hydrogens (tertiary/aromatic N) is 1. The van der Waals surface area contributed by atoms with E-state index in [4.69, 9.17) is 4.42 Å². The van der Waals surface area contributed by atoms with Gasteiger partial charge >= 0.3 is 0 Å². The molecule has 2 aromatic heterocycles. The van der Waals surface area contributed by atoms with Crippen LogP contribution in [-0.2, 0) is 0 Å². The van der Waals surface area contributed by atoms with Crippen LogP contribution in [0.25, 0.3) is 74.8 Å². The van der Waals surface area contributed by atoms with E-state index in [2.05, 4.69) is 169 Å². The van der Waals surface area contributed by atoms with Crippen LogP contribution in [0.4, 0.5) is 17.1 Å². The molecule has 0 saturated carbocycles. The minimum Gasteiger partial charge on any atom is -0.455 e. The highest BCUT2D eigenvalue weighted by atomic mass is 32.1. The second-order valence-electron chi connectivity index (χ2n) is 12.1. The van der Waals surface area contributed by atoms with Crippen molar-refractivity contribution in [2.24, 2.45) is 0 Å². The van der Waals surface area contributed by atoms with Crippen LogP contribution in [0.5, 0.6) is 0 Å². The molecule has 0 spiro atoms. The summed E-state index contributed by atoms with van der Waals surface area (Å²) in [6.07, 6.45) is 0. The second-order valence-corrected chi connectivity index (χ2v) is 13.2. The summed E-state index contributed by atoms with van der Waals surface area (Å²) in [5.41, 5.74) is 7.45. The molecule has 0 unspecified atom stereocenters. The molecule has 0 aliphatic carbocycles. The van der Waals surface area contributed by atoms with E-state index in [1.807, 2.05) is 11.3 Å². The molecule has 2 heterocycles. The average molecular weight is 618 g/mol.